The number of hydrogen-bond acceptors (Lipinski definition) is 4. The summed E-state index contributed by atoms with van der Waals surface area (Å²) in [6, 6.07) is 12.6. The van der Waals surface area contributed by atoms with Gasteiger partial charge in [-0.2, -0.15) is 5.10 Å². The van der Waals surface area contributed by atoms with Crippen LogP contribution in [0.25, 0.3) is 17.1 Å². The normalized spacial score (nSPS) is 14.6. The summed E-state index contributed by atoms with van der Waals surface area (Å²) in [6.45, 7) is 5.43. The van der Waals surface area contributed by atoms with E-state index < -0.39 is 0 Å². The number of rotatable bonds is 7. The van der Waals surface area contributed by atoms with Gasteiger partial charge in [-0.15, -0.1) is 0 Å². The molecule has 1 aliphatic heterocycles. The first kappa shape index (κ1) is 23.1. The van der Waals surface area contributed by atoms with Gasteiger partial charge in [-0.3, -0.25) is 9.59 Å². The van der Waals surface area contributed by atoms with Crippen molar-refractivity contribution in [2.45, 2.75) is 45.6 Å². The first-order valence-electron chi connectivity index (χ1n) is 11.5. The molecule has 4 rings (SSSR count). The molecule has 174 valence electrons. The Hall–Kier alpha value is -3.06. The lowest BCUT2D eigenvalue weighted by Gasteiger charge is -2.34. The predicted octanol–water partition coefficient (Wildman–Crippen LogP) is 4.94. The Labute approximate surface area is 198 Å². The van der Waals surface area contributed by atoms with E-state index in [1.807, 2.05) is 23.1 Å². The minimum atomic E-state index is -0.242. The van der Waals surface area contributed by atoms with Gasteiger partial charge < -0.3 is 14.6 Å². The van der Waals surface area contributed by atoms with Crippen molar-refractivity contribution in [3.63, 3.8) is 0 Å². The Balaban J connectivity index is 1.47. The highest BCUT2D eigenvalue weighted by atomic mass is 35.5. The smallest absolute Gasteiger partial charge is 0.272 e. The second kappa shape index (κ2) is 10.3. The van der Waals surface area contributed by atoms with Crippen LogP contribution in [0, 0.1) is 5.92 Å². The summed E-state index contributed by atoms with van der Waals surface area (Å²) in [6.07, 6.45) is 4.77. The minimum Gasteiger partial charge on any atom is -0.463 e. The van der Waals surface area contributed by atoms with Gasteiger partial charge in [0, 0.05) is 36.1 Å². The van der Waals surface area contributed by atoms with Crippen molar-refractivity contribution in [3.05, 3.63) is 59.4 Å². The molecule has 2 amide bonds. The van der Waals surface area contributed by atoms with E-state index in [2.05, 4.69) is 24.3 Å². The van der Waals surface area contributed by atoms with E-state index in [4.69, 9.17) is 16.0 Å². The summed E-state index contributed by atoms with van der Waals surface area (Å²) in [7, 11) is 0. The van der Waals surface area contributed by atoms with Gasteiger partial charge in [-0.05, 0) is 56.0 Å². The molecule has 3 heterocycles. The maximum Gasteiger partial charge on any atom is 0.272 e. The van der Waals surface area contributed by atoms with Crippen molar-refractivity contribution in [3.8, 4) is 17.1 Å². The molecule has 0 aliphatic carbocycles. The minimum absolute atomic E-state index is 0.00614. The molecule has 8 heteroatoms. The molecule has 0 radical (unpaired) electrons. The second-order valence-corrected chi connectivity index (χ2v) is 8.81. The van der Waals surface area contributed by atoms with E-state index in [0.717, 1.165) is 31.4 Å². The molecular formula is C25H29ClN4O3. The zero-order chi connectivity index (χ0) is 23.4. The standard InChI is InChI=1S/C25H29ClN4O3/c1-3-17(4-2)25(32)29-12-10-19(11-13-29)27-24(31)21-16-22(23-9-6-14-33-23)30(28-21)20-8-5-7-18(26)15-20/h5-9,14-17,19H,3-4,10-13H2,1-2H3,(H,27,31). The SMILES string of the molecule is CCC(CC)C(=O)N1CCC(NC(=O)c2cc(-c3ccco3)n(-c3cccc(Cl)c3)n2)CC1. The summed E-state index contributed by atoms with van der Waals surface area (Å²) >= 11 is 6.17. The number of carbonyl (C=O) groups is 2. The van der Waals surface area contributed by atoms with Crippen LogP contribution < -0.4 is 5.32 Å². The third-order valence-corrected chi connectivity index (χ3v) is 6.48. The molecule has 1 saturated heterocycles. The van der Waals surface area contributed by atoms with Crippen LogP contribution in [0.15, 0.2) is 53.1 Å². The highest BCUT2D eigenvalue weighted by molar-refractivity contribution is 6.30. The number of aromatic nitrogens is 2. The molecule has 0 saturated carbocycles. The number of furan rings is 1. The summed E-state index contributed by atoms with van der Waals surface area (Å²) < 4.78 is 7.23. The van der Waals surface area contributed by atoms with Crippen molar-refractivity contribution in [2.75, 3.05) is 13.1 Å². The van der Waals surface area contributed by atoms with E-state index >= 15 is 0 Å². The number of likely N-dealkylation sites (tertiary alicyclic amines) is 1. The second-order valence-electron chi connectivity index (χ2n) is 8.37. The third-order valence-electron chi connectivity index (χ3n) is 6.25. The van der Waals surface area contributed by atoms with Gasteiger partial charge in [-0.25, -0.2) is 4.68 Å². The van der Waals surface area contributed by atoms with E-state index in [0.29, 0.717) is 35.3 Å². The lowest BCUT2D eigenvalue weighted by Crippen LogP contribution is -2.48. The predicted molar refractivity (Wildman–Crippen MR) is 127 cm³/mol. The Morgan fingerprint density at radius 2 is 1.91 bits per heavy atom. The summed E-state index contributed by atoms with van der Waals surface area (Å²) in [5.41, 5.74) is 1.70. The number of benzene rings is 1. The van der Waals surface area contributed by atoms with Crippen molar-refractivity contribution in [1.82, 2.24) is 20.0 Å². The summed E-state index contributed by atoms with van der Waals surface area (Å²) in [4.78, 5) is 27.6. The first-order valence-corrected chi connectivity index (χ1v) is 11.9. The van der Waals surface area contributed by atoms with Gasteiger partial charge in [0.15, 0.2) is 11.5 Å². The number of nitrogens with one attached hydrogen (secondary N) is 1. The van der Waals surface area contributed by atoms with Crippen LogP contribution in [0.3, 0.4) is 0 Å². The van der Waals surface area contributed by atoms with Gasteiger partial charge in [0.25, 0.3) is 5.91 Å². The number of hydrogen-bond donors (Lipinski definition) is 1. The lowest BCUT2D eigenvalue weighted by molar-refractivity contribution is -0.136. The van der Waals surface area contributed by atoms with Crippen LogP contribution >= 0.6 is 11.6 Å². The molecule has 1 aliphatic rings. The Bertz CT molecular complexity index is 1100. The van der Waals surface area contributed by atoms with Gasteiger partial charge in [0.2, 0.25) is 5.91 Å². The fraction of sp³-hybridized carbons (Fsp3) is 0.400. The molecule has 0 bridgehead atoms. The number of carbonyl (C=O) groups excluding carboxylic acids is 2. The average Bonchev–Trinajstić information content (AvgIpc) is 3.50. The molecule has 0 spiro atoms. The summed E-state index contributed by atoms with van der Waals surface area (Å²) in [5, 5.41) is 8.22. The quantitative estimate of drug-likeness (QED) is 0.532. The van der Waals surface area contributed by atoms with E-state index in [1.54, 1.807) is 35.2 Å². The highest BCUT2D eigenvalue weighted by Crippen LogP contribution is 2.26. The average molecular weight is 469 g/mol. The number of nitrogens with zero attached hydrogens (tertiary/aromatic N) is 3. The number of halogens is 1. The highest BCUT2D eigenvalue weighted by Gasteiger charge is 2.28. The van der Waals surface area contributed by atoms with Crippen LogP contribution in [0.4, 0.5) is 0 Å². The van der Waals surface area contributed by atoms with Crippen molar-refractivity contribution >= 4 is 23.4 Å². The van der Waals surface area contributed by atoms with Crippen molar-refractivity contribution in [2.24, 2.45) is 5.92 Å². The van der Waals surface area contributed by atoms with E-state index in [9.17, 15) is 9.59 Å². The molecule has 0 atom stereocenters. The van der Waals surface area contributed by atoms with Crippen molar-refractivity contribution < 1.29 is 14.0 Å². The fourth-order valence-corrected chi connectivity index (χ4v) is 4.48. The van der Waals surface area contributed by atoms with E-state index in [1.165, 1.54) is 0 Å². The maximum absolute atomic E-state index is 13.0. The fourth-order valence-electron chi connectivity index (χ4n) is 4.30. The van der Waals surface area contributed by atoms with Crippen LogP contribution in [0.1, 0.15) is 50.0 Å². The Kier molecular flexibility index (Phi) is 7.18. The molecule has 0 unspecified atom stereocenters. The first-order chi connectivity index (χ1) is 16.0. The lowest BCUT2D eigenvalue weighted by atomic mass is 9.98. The van der Waals surface area contributed by atoms with Gasteiger partial charge in [0.1, 0.15) is 5.69 Å². The van der Waals surface area contributed by atoms with Gasteiger partial charge >= 0.3 is 0 Å². The molecule has 2 aromatic heterocycles. The van der Waals surface area contributed by atoms with Gasteiger partial charge in [-0.1, -0.05) is 31.5 Å². The molecule has 1 aromatic carbocycles. The maximum atomic E-state index is 13.0. The van der Waals surface area contributed by atoms with Crippen LogP contribution in [-0.2, 0) is 4.79 Å². The zero-order valence-corrected chi connectivity index (χ0v) is 19.7. The molecule has 7 nitrogen and oxygen atoms in total. The van der Waals surface area contributed by atoms with Crippen LogP contribution in [0.2, 0.25) is 5.02 Å². The topological polar surface area (TPSA) is 80.4 Å². The van der Waals surface area contributed by atoms with Crippen LogP contribution in [0.5, 0.6) is 0 Å². The van der Waals surface area contributed by atoms with Crippen molar-refractivity contribution in [1.29, 1.82) is 0 Å². The molecule has 33 heavy (non-hydrogen) atoms. The number of amides is 2. The Morgan fingerprint density at radius 3 is 2.55 bits per heavy atom. The monoisotopic (exact) mass is 468 g/mol. The molecule has 1 fully saturated rings. The Morgan fingerprint density at radius 1 is 1.15 bits per heavy atom. The van der Waals surface area contributed by atoms with E-state index in [-0.39, 0.29) is 23.8 Å². The van der Waals surface area contributed by atoms with Gasteiger partial charge in [0.05, 0.1) is 12.0 Å². The van der Waals surface area contributed by atoms with Crippen LogP contribution in [-0.4, -0.2) is 45.6 Å². The largest absolute Gasteiger partial charge is 0.463 e. The molecule has 1 N–H and O–H groups in total. The molecule has 3 aromatic rings. The molecular weight excluding hydrogens is 440 g/mol. The number of piperidine rings is 1. The third kappa shape index (κ3) is 5.14. The summed E-state index contributed by atoms with van der Waals surface area (Å²) in [5.74, 6) is 0.683. The zero-order valence-electron chi connectivity index (χ0n) is 19.0.